The van der Waals surface area contributed by atoms with Gasteiger partial charge >= 0.3 is 0 Å². The second-order valence-corrected chi connectivity index (χ2v) is 7.20. The summed E-state index contributed by atoms with van der Waals surface area (Å²) in [6, 6.07) is 7.50. The Bertz CT molecular complexity index is 729. The highest BCUT2D eigenvalue weighted by molar-refractivity contribution is 6.30. The van der Waals surface area contributed by atoms with Crippen molar-refractivity contribution in [1.29, 1.82) is 0 Å². The van der Waals surface area contributed by atoms with E-state index in [0.29, 0.717) is 23.7 Å². The number of carbonyl (C=O) groups excluding carboxylic acids is 1. The topological polar surface area (TPSA) is 64.2 Å². The molecular formula is C17H22Cl2N4O. The SMILES string of the molecule is CC1(C)CN(C(=O)c2cnn(-c3cccc(Cl)c3)c2)CCC1N.Cl. The van der Waals surface area contributed by atoms with Gasteiger partial charge < -0.3 is 10.6 Å². The van der Waals surface area contributed by atoms with Crippen molar-refractivity contribution >= 4 is 29.9 Å². The number of aromatic nitrogens is 2. The predicted octanol–water partition coefficient (Wildman–Crippen LogP) is 3.15. The number of benzene rings is 1. The van der Waals surface area contributed by atoms with Gasteiger partial charge in [-0.15, -0.1) is 12.4 Å². The van der Waals surface area contributed by atoms with E-state index in [2.05, 4.69) is 18.9 Å². The van der Waals surface area contributed by atoms with Crippen LogP contribution in [0.15, 0.2) is 36.7 Å². The fraction of sp³-hybridized carbons (Fsp3) is 0.412. The molecule has 0 radical (unpaired) electrons. The van der Waals surface area contributed by atoms with Crippen molar-refractivity contribution < 1.29 is 4.79 Å². The molecule has 7 heteroatoms. The molecule has 5 nitrogen and oxygen atoms in total. The molecule has 0 saturated carbocycles. The van der Waals surface area contributed by atoms with Crippen LogP contribution >= 0.6 is 24.0 Å². The van der Waals surface area contributed by atoms with Crippen LogP contribution in [0.5, 0.6) is 0 Å². The van der Waals surface area contributed by atoms with E-state index in [1.807, 2.05) is 23.1 Å². The van der Waals surface area contributed by atoms with Crippen LogP contribution in [-0.4, -0.2) is 39.7 Å². The van der Waals surface area contributed by atoms with E-state index in [1.54, 1.807) is 23.1 Å². The van der Waals surface area contributed by atoms with Gasteiger partial charge in [-0.1, -0.05) is 31.5 Å². The van der Waals surface area contributed by atoms with Crippen LogP contribution < -0.4 is 5.73 Å². The second-order valence-electron chi connectivity index (χ2n) is 6.76. The maximum atomic E-state index is 12.7. The number of amides is 1. The summed E-state index contributed by atoms with van der Waals surface area (Å²) in [5, 5.41) is 4.92. The molecule has 1 fully saturated rings. The first kappa shape index (κ1) is 18.8. The first-order valence-electron chi connectivity index (χ1n) is 7.72. The minimum Gasteiger partial charge on any atom is -0.338 e. The van der Waals surface area contributed by atoms with Gasteiger partial charge in [-0.3, -0.25) is 4.79 Å². The summed E-state index contributed by atoms with van der Waals surface area (Å²) in [6.07, 6.45) is 4.17. The Hall–Kier alpha value is -1.56. The zero-order valence-electron chi connectivity index (χ0n) is 13.8. The van der Waals surface area contributed by atoms with Crippen LogP contribution in [0.2, 0.25) is 5.02 Å². The Morgan fingerprint density at radius 1 is 1.42 bits per heavy atom. The van der Waals surface area contributed by atoms with Gasteiger partial charge in [0.05, 0.1) is 17.4 Å². The van der Waals surface area contributed by atoms with Crippen LogP contribution in [0.25, 0.3) is 5.69 Å². The molecule has 3 rings (SSSR count). The van der Waals surface area contributed by atoms with Crippen LogP contribution in [0.3, 0.4) is 0 Å². The number of nitrogens with two attached hydrogens (primary N) is 1. The lowest BCUT2D eigenvalue weighted by molar-refractivity contribution is 0.0533. The van der Waals surface area contributed by atoms with E-state index in [4.69, 9.17) is 17.3 Å². The third-order valence-corrected chi connectivity index (χ3v) is 4.74. The molecule has 0 aliphatic carbocycles. The van der Waals surface area contributed by atoms with Crippen molar-refractivity contribution in [2.75, 3.05) is 13.1 Å². The van der Waals surface area contributed by atoms with Crippen molar-refractivity contribution in [2.24, 2.45) is 11.1 Å². The van der Waals surface area contributed by atoms with Crippen LogP contribution in [-0.2, 0) is 0 Å². The fourth-order valence-corrected chi connectivity index (χ4v) is 3.11. The molecule has 1 aliphatic heterocycles. The Morgan fingerprint density at radius 3 is 2.83 bits per heavy atom. The van der Waals surface area contributed by atoms with Gasteiger partial charge in [0.1, 0.15) is 0 Å². The zero-order chi connectivity index (χ0) is 16.6. The van der Waals surface area contributed by atoms with Gasteiger partial charge in [0.2, 0.25) is 0 Å². The van der Waals surface area contributed by atoms with E-state index in [1.165, 1.54) is 0 Å². The highest BCUT2D eigenvalue weighted by Crippen LogP contribution is 2.28. The molecular weight excluding hydrogens is 347 g/mol. The summed E-state index contributed by atoms with van der Waals surface area (Å²) in [5.41, 5.74) is 7.48. The van der Waals surface area contributed by atoms with Crippen LogP contribution in [0.1, 0.15) is 30.6 Å². The summed E-state index contributed by atoms with van der Waals surface area (Å²) >= 11 is 6.00. The smallest absolute Gasteiger partial charge is 0.257 e. The molecule has 1 aromatic heterocycles. The minimum atomic E-state index is -0.0726. The number of halogens is 2. The minimum absolute atomic E-state index is 0. The number of likely N-dealkylation sites (tertiary alicyclic amines) is 1. The van der Waals surface area contributed by atoms with Crippen molar-refractivity contribution in [2.45, 2.75) is 26.3 Å². The van der Waals surface area contributed by atoms with Crippen LogP contribution in [0.4, 0.5) is 0 Å². The van der Waals surface area contributed by atoms with Gasteiger partial charge in [0.15, 0.2) is 0 Å². The maximum absolute atomic E-state index is 12.7. The third kappa shape index (κ3) is 3.74. The summed E-state index contributed by atoms with van der Waals surface area (Å²) < 4.78 is 1.67. The van der Waals surface area contributed by atoms with Gasteiger partial charge in [0.25, 0.3) is 5.91 Å². The van der Waals surface area contributed by atoms with E-state index >= 15 is 0 Å². The number of carbonyl (C=O) groups is 1. The molecule has 130 valence electrons. The van der Waals surface area contributed by atoms with E-state index in [-0.39, 0.29) is 29.8 Å². The van der Waals surface area contributed by atoms with Crippen molar-refractivity contribution in [3.8, 4) is 5.69 Å². The van der Waals surface area contributed by atoms with Crippen molar-refractivity contribution in [3.05, 3.63) is 47.2 Å². The predicted molar refractivity (Wildman–Crippen MR) is 98.1 cm³/mol. The molecule has 1 amide bonds. The Morgan fingerprint density at radius 2 is 2.17 bits per heavy atom. The first-order chi connectivity index (χ1) is 10.9. The lowest BCUT2D eigenvalue weighted by Crippen LogP contribution is -2.53. The Kier molecular flexibility index (Phi) is 5.58. The number of rotatable bonds is 2. The van der Waals surface area contributed by atoms with E-state index in [0.717, 1.165) is 12.1 Å². The molecule has 0 bridgehead atoms. The number of hydrogen-bond donors (Lipinski definition) is 1. The lowest BCUT2D eigenvalue weighted by Gasteiger charge is -2.42. The van der Waals surface area contributed by atoms with Gasteiger partial charge in [-0.2, -0.15) is 5.10 Å². The highest BCUT2D eigenvalue weighted by atomic mass is 35.5. The largest absolute Gasteiger partial charge is 0.338 e. The molecule has 2 heterocycles. The number of nitrogens with zero attached hydrogens (tertiary/aromatic N) is 3. The van der Waals surface area contributed by atoms with Crippen molar-refractivity contribution in [3.63, 3.8) is 0 Å². The molecule has 24 heavy (non-hydrogen) atoms. The molecule has 2 aromatic rings. The van der Waals surface area contributed by atoms with E-state index < -0.39 is 0 Å². The number of piperidine rings is 1. The molecule has 1 atom stereocenters. The summed E-state index contributed by atoms with van der Waals surface area (Å²) in [7, 11) is 0. The Labute approximate surface area is 153 Å². The quantitative estimate of drug-likeness (QED) is 0.885. The monoisotopic (exact) mass is 368 g/mol. The lowest BCUT2D eigenvalue weighted by atomic mass is 9.79. The van der Waals surface area contributed by atoms with Gasteiger partial charge in [-0.25, -0.2) is 4.68 Å². The molecule has 0 spiro atoms. The third-order valence-electron chi connectivity index (χ3n) is 4.50. The van der Waals surface area contributed by atoms with Crippen molar-refractivity contribution in [1.82, 2.24) is 14.7 Å². The average Bonchev–Trinajstić information content (AvgIpc) is 2.99. The van der Waals surface area contributed by atoms with Crippen LogP contribution in [0, 0.1) is 5.41 Å². The normalized spacial score (nSPS) is 19.7. The summed E-state index contributed by atoms with van der Waals surface area (Å²) in [6.45, 7) is 5.56. The Balaban J connectivity index is 0.00000208. The molecule has 1 aliphatic rings. The van der Waals surface area contributed by atoms with E-state index in [9.17, 15) is 4.79 Å². The zero-order valence-corrected chi connectivity index (χ0v) is 15.3. The highest BCUT2D eigenvalue weighted by Gasteiger charge is 2.35. The molecule has 1 unspecified atom stereocenters. The number of hydrogen-bond acceptors (Lipinski definition) is 3. The fourth-order valence-electron chi connectivity index (χ4n) is 2.92. The second kappa shape index (κ2) is 7.13. The molecule has 1 saturated heterocycles. The van der Waals surface area contributed by atoms with Gasteiger partial charge in [0, 0.05) is 30.4 Å². The maximum Gasteiger partial charge on any atom is 0.257 e. The van der Waals surface area contributed by atoms with Gasteiger partial charge in [-0.05, 0) is 30.0 Å². The molecule has 2 N–H and O–H groups in total. The standard InChI is InChI=1S/C17H21ClN4O.ClH/c1-17(2)11-21(7-6-15(17)19)16(23)12-9-20-22(10-12)14-5-3-4-13(18)8-14;/h3-5,8-10,15H,6-7,11,19H2,1-2H3;1H. The summed E-state index contributed by atoms with van der Waals surface area (Å²) in [4.78, 5) is 14.6. The summed E-state index contributed by atoms with van der Waals surface area (Å²) in [5.74, 6) is -0.00162. The molecule has 1 aromatic carbocycles. The average molecular weight is 369 g/mol. The first-order valence-corrected chi connectivity index (χ1v) is 8.10.